The van der Waals surface area contributed by atoms with E-state index in [0.29, 0.717) is 6.42 Å². The van der Waals surface area contributed by atoms with Crippen molar-refractivity contribution in [3.05, 3.63) is 59.2 Å². The molecule has 0 aromatic heterocycles. The number of hydrogen-bond donors (Lipinski definition) is 0. The Hall–Kier alpha value is -2.62. The first-order valence-corrected chi connectivity index (χ1v) is 14.8. The third-order valence-electron chi connectivity index (χ3n) is 8.63. The summed E-state index contributed by atoms with van der Waals surface area (Å²) >= 11 is 0. The summed E-state index contributed by atoms with van der Waals surface area (Å²) < 4.78 is 11.7. The van der Waals surface area contributed by atoms with E-state index in [-0.39, 0.29) is 24.1 Å². The summed E-state index contributed by atoms with van der Waals surface area (Å²) in [5.41, 5.74) is 7.06. The fourth-order valence-corrected chi connectivity index (χ4v) is 6.49. The third-order valence-corrected chi connectivity index (χ3v) is 8.63. The summed E-state index contributed by atoms with van der Waals surface area (Å²) in [7, 11) is 0. The van der Waals surface area contributed by atoms with Crippen molar-refractivity contribution < 1.29 is 19.1 Å². The zero-order valence-corrected chi connectivity index (χ0v) is 22.2. The van der Waals surface area contributed by atoms with Gasteiger partial charge in [0, 0.05) is 0 Å². The molecule has 3 aliphatic rings. The van der Waals surface area contributed by atoms with Crippen LogP contribution in [0.1, 0.15) is 107 Å². The molecule has 0 atom stereocenters. The summed E-state index contributed by atoms with van der Waals surface area (Å²) in [6.45, 7) is 0. The molecule has 37 heavy (non-hydrogen) atoms. The van der Waals surface area contributed by atoms with Gasteiger partial charge in [-0.3, -0.25) is 9.59 Å². The molecule has 2 fully saturated rings. The second-order valence-electron chi connectivity index (χ2n) is 11.3. The van der Waals surface area contributed by atoms with E-state index in [1.54, 1.807) is 0 Å². The predicted octanol–water partition coefficient (Wildman–Crippen LogP) is 7.73. The Morgan fingerprint density at radius 2 is 1.32 bits per heavy atom. The topological polar surface area (TPSA) is 52.6 Å². The van der Waals surface area contributed by atoms with Crippen molar-refractivity contribution in [1.82, 2.24) is 0 Å². The van der Waals surface area contributed by atoms with E-state index < -0.39 is 5.92 Å². The first kappa shape index (κ1) is 26.0. The molecule has 0 N–H and O–H groups in total. The van der Waals surface area contributed by atoms with Gasteiger partial charge in [-0.05, 0) is 105 Å². The minimum absolute atomic E-state index is 0.0319. The van der Waals surface area contributed by atoms with Gasteiger partial charge in [-0.25, -0.2) is 0 Å². The number of aryl methyl sites for hydroxylation is 1. The fourth-order valence-electron chi connectivity index (χ4n) is 6.49. The predicted molar refractivity (Wildman–Crippen MR) is 146 cm³/mol. The van der Waals surface area contributed by atoms with Gasteiger partial charge in [0.2, 0.25) is 0 Å². The minimum Gasteiger partial charge on any atom is -0.462 e. The molecule has 0 heterocycles. The average Bonchev–Trinajstić information content (AvgIpc) is 3.31. The molecule has 0 saturated heterocycles. The van der Waals surface area contributed by atoms with E-state index in [4.69, 9.17) is 9.47 Å². The Morgan fingerprint density at radius 3 is 2.00 bits per heavy atom. The van der Waals surface area contributed by atoms with Crippen LogP contribution in [-0.2, 0) is 31.9 Å². The molecule has 0 unspecified atom stereocenters. The summed E-state index contributed by atoms with van der Waals surface area (Å²) in [4.78, 5) is 26.2. The lowest BCUT2D eigenvalue weighted by molar-refractivity contribution is -0.170. The maximum atomic E-state index is 13.1. The number of fused-ring (bicyclic) bond motifs is 3. The van der Waals surface area contributed by atoms with Crippen molar-refractivity contribution in [3.8, 4) is 11.1 Å². The van der Waals surface area contributed by atoms with Crippen LogP contribution in [0.4, 0.5) is 0 Å². The molecule has 5 rings (SSSR count). The number of unbranched alkanes of at least 4 members (excludes halogenated alkanes) is 2. The highest BCUT2D eigenvalue weighted by Crippen LogP contribution is 2.38. The van der Waals surface area contributed by atoms with E-state index >= 15 is 0 Å². The Kier molecular flexibility index (Phi) is 8.97. The van der Waals surface area contributed by atoms with Crippen LogP contribution in [0.5, 0.6) is 0 Å². The number of carbonyl (C=O) groups is 2. The molecule has 198 valence electrons. The van der Waals surface area contributed by atoms with Gasteiger partial charge >= 0.3 is 11.9 Å². The van der Waals surface area contributed by atoms with Crippen LogP contribution in [0, 0.1) is 5.92 Å². The molecule has 0 spiro atoms. The van der Waals surface area contributed by atoms with Gasteiger partial charge in [0.05, 0.1) is 0 Å². The van der Waals surface area contributed by atoms with Crippen molar-refractivity contribution in [2.75, 3.05) is 0 Å². The summed E-state index contributed by atoms with van der Waals surface area (Å²) in [6.07, 6.45) is 15.9. The van der Waals surface area contributed by atoms with Crippen LogP contribution in [0.25, 0.3) is 11.1 Å². The molecule has 4 heteroatoms. The van der Waals surface area contributed by atoms with Gasteiger partial charge in [0.25, 0.3) is 0 Å². The van der Waals surface area contributed by atoms with Gasteiger partial charge in [0.15, 0.2) is 5.92 Å². The second kappa shape index (κ2) is 12.8. The maximum absolute atomic E-state index is 13.1. The SMILES string of the molecule is O=C(OC1CCCCC1)C(CCCCCc1cccc2c1Cc1ccccc1-2)C(=O)OC1CCCCC1. The molecular formula is C33H42O4. The standard InChI is InChI=1S/C33H42O4/c34-32(36-26-16-5-2-6-17-26)30(33(35)37-27-18-7-3-8-19-27)21-9-1-4-13-24-15-12-22-29-28-20-11-10-14-25(28)23-31(24)29/h10-12,14-15,20,22,26-27,30H,1-9,13,16-19,21,23H2. The number of carbonyl (C=O) groups excluding carboxylic acids is 2. The number of hydrogen-bond acceptors (Lipinski definition) is 4. The molecule has 2 aromatic rings. The van der Waals surface area contributed by atoms with Crippen molar-refractivity contribution >= 4 is 11.9 Å². The van der Waals surface area contributed by atoms with E-state index in [1.165, 1.54) is 40.7 Å². The maximum Gasteiger partial charge on any atom is 0.320 e. The Bertz CT molecular complexity index is 1030. The second-order valence-corrected chi connectivity index (χ2v) is 11.3. The lowest BCUT2D eigenvalue weighted by atomic mass is 9.95. The van der Waals surface area contributed by atoms with Crippen molar-refractivity contribution in [1.29, 1.82) is 0 Å². The molecule has 0 radical (unpaired) electrons. The van der Waals surface area contributed by atoms with Crippen LogP contribution in [0.3, 0.4) is 0 Å². The van der Waals surface area contributed by atoms with Crippen LogP contribution in [0.15, 0.2) is 42.5 Å². The lowest BCUT2D eigenvalue weighted by Gasteiger charge is -2.26. The number of benzene rings is 2. The van der Waals surface area contributed by atoms with Gasteiger partial charge in [-0.2, -0.15) is 0 Å². The number of esters is 2. The molecule has 0 amide bonds. The minimum atomic E-state index is -0.778. The first-order chi connectivity index (χ1) is 18.2. The fraction of sp³-hybridized carbons (Fsp3) is 0.576. The van der Waals surface area contributed by atoms with Crippen LogP contribution in [-0.4, -0.2) is 24.1 Å². The number of rotatable bonds is 10. The van der Waals surface area contributed by atoms with Crippen LogP contribution >= 0.6 is 0 Å². The average molecular weight is 503 g/mol. The summed E-state index contributed by atoms with van der Waals surface area (Å²) in [6, 6.07) is 15.4. The molecular weight excluding hydrogens is 460 g/mol. The molecule has 2 saturated carbocycles. The first-order valence-electron chi connectivity index (χ1n) is 14.8. The van der Waals surface area contributed by atoms with E-state index in [0.717, 1.165) is 83.5 Å². The van der Waals surface area contributed by atoms with Crippen LogP contribution in [0.2, 0.25) is 0 Å². The number of ether oxygens (including phenoxy) is 2. The lowest BCUT2D eigenvalue weighted by Crippen LogP contribution is -2.34. The Morgan fingerprint density at radius 1 is 0.703 bits per heavy atom. The van der Waals surface area contributed by atoms with E-state index in [9.17, 15) is 9.59 Å². The van der Waals surface area contributed by atoms with E-state index in [1.807, 2.05) is 0 Å². The smallest absolute Gasteiger partial charge is 0.320 e. The highest BCUT2D eigenvalue weighted by atomic mass is 16.6. The van der Waals surface area contributed by atoms with Crippen molar-refractivity contribution in [3.63, 3.8) is 0 Å². The molecule has 0 aliphatic heterocycles. The van der Waals surface area contributed by atoms with Gasteiger partial charge < -0.3 is 9.47 Å². The van der Waals surface area contributed by atoms with E-state index in [2.05, 4.69) is 42.5 Å². The molecule has 2 aromatic carbocycles. The Balaban J connectivity index is 1.14. The van der Waals surface area contributed by atoms with Gasteiger partial charge in [0.1, 0.15) is 12.2 Å². The zero-order valence-electron chi connectivity index (χ0n) is 22.2. The van der Waals surface area contributed by atoms with Crippen molar-refractivity contribution in [2.24, 2.45) is 5.92 Å². The largest absolute Gasteiger partial charge is 0.462 e. The zero-order chi connectivity index (χ0) is 25.5. The van der Waals surface area contributed by atoms with Crippen LogP contribution < -0.4 is 0 Å². The van der Waals surface area contributed by atoms with Gasteiger partial charge in [-0.15, -0.1) is 0 Å². The third kappa shape index (κ3) is 6.64. The summed E-state index contributed by atoms with van der Waals surface area (Å²) in [5.74, 6) is -1.49. The highest BCUT2D eigenvalue weighted by molar-refractivity contribution is 5.95. The molecule has 4 nitrogen and oxygen atoms in total. The molecule has 0 bridgehead atoms. The molecule has 3 aliphatic carbocycles. The van der Waals surface area contributed by atoms with Gasteiger partial charge in [-0.1, -0.05) is 68.1 Å². The monoisotopic (exact) mass is 502 g/mol. The highest BCUT2D eigenvalue weighted by Gasteiger charge is 2.33. The summed E-state index contributed by atoms with van der Waals surface area (Å²) in [5, 5.41) is 0. The normalized spacial score (nSPS) is 17.9. The van der Waals surface area contributed by atoms with Crippen molar-refractivity contribution in [2.45, 2.75) is 115 Å². The Labute approximate surface area is 222 Å². The quantitative estimate of drug-likeness (QED) is 0.162.